The number of nitrogens with zero attached hydrogens (tertiary/aromatic N) is 2. The van der Waals surface area contributed by atoms with Crippen LogP contribution < -0.4 is 19.1 Å². The number of anilines is 1. The van der Waals surface area contributed by atoms with Crippen LogP contribution in [0.2, 0.25) is 0 Å². The van der Waals surface area contributed by atoms with E-state index in [0.29, 0.717) is 17.2 Å². The Bertz CT molecular complexity index is 881. The molecule has 0 spiro atoms. The van der Waals surface area contributed by atoms with Crippen LogP contribution in [0.5, 0.6) is 17.2 Å². The first-order valence-electron chi connectivity index (χ1n) is 8.12. The highest BCUT2D eigenvalue weighted by Gasteiger charge is 2.19. The molecule has 0 fully saturated rings. The summed E-state index contributed by atoms with van der Waals surface area (Å²) in [5, 5.41) is 2.04. The number of rotatable bonds is 6. The maximum absolute atomic E-state index is 5.49. The maximum atomic E-state index is 5.49. The topological polar surface area (TPSA) is 43.8 Å². The van der Waals surface area contributed by atoms with Crippen molar-refractivity contribution < 1.29 is 14.2 Å². The minimum Gasteiger partial charge on any atom is -0.493 e. The predicted molar refractivity (Wildman–Crippen MR) is 107 cm³/mol. The van der Waals surface area contributed by atoms with E-state index in [-0.39, 0.29) is 0 Å². The molecule has 3 rings (SSSR count). The van der Waals surface area contributed by atoms with Gasteiger partial charge in [0.05, 0.1) is 27.0 Å². The van der Waals surface area contributed by atoms with Crippen LogP contribution in [0.15, 0.2) is 41.8 Å². The van der Waals surface area contributed by atoms with Crippen LogP contribution in [0.1, 0.15) is 0 Å². The van der Waals surface area contributed by atoms with Crippen molar-refractivity contribution in [1.29, 1.82) is 0 Å². The van der Waals surface area contributed by atoms with Crippen molar-refractivity contribution in [2.75, 3.05) is 40.3 Å². The summed E-state index contributed by atoms with van der Waals surface area (Å²) >= 11 is 1.43. The molecule has 136 valence electrons. The highest BCUT2D eigenvalue weighted by atomic mass is 32.1. The number of para-hydroxylation sites is 1. The summed E-state index contributed by atoms with van der Waals surface area (Å²) in [6, 6.07) is 12.1. The minimum absolute atomic E-state index is 0.581. The predicted octanol–water partition coefficient (Wildman–Crippen LogP) is 4.57. The summed E-state index contributed by atoms with van der Waals surface area (Å²) in [7, 11) is 8.91. The molecule has 6 heteroatoms. The Kier molecular flexibility index (Phi) is 5.32. The summed E-state index contributed by atoms with van der Waals surface area (Å²) in [5.41, 5.74) is 5.14. The van der Waals surface area contributed by atoms with Gasteiger partial charge in [0, 0.05) is 36.3 Å². The second-order valence-corrected chi connectivity index (χ2v) is 6.53. The lowest BCUT2D eigenvalue weighted by molar-refractivity contribution is 0.324. The summed E-state index contributed by atoms with van der Waals surface area (Å²) < 4.78 is 21.1. The quantitative estimate of drug-likeness (QED) is 0.636. The average Bonchev–Trinajstić information content (AvgIpc) is 3.16. The number of hydrogen-bond acceptors (Lipinski definition) is 6. The van der Waals surface area contributed by atoms with Crippen LogP contribution in [-0.2, 0) is 0 Å². The van der Waals surface area contributed by atoms with Gasteiger partial charge in [0.25, 0.3) is 0 Å². The highest BCUT2D eigenvalue weighted by Crippen LogP contribution is 2.44. The maximum Gasteiger partial charge on any atom is 0.203 e. The van der Waals surface area contributed by atoms with Gasteiger partial charge in [-0.3, -0.25) is 0 Å². The molecular formula is C20H22N2O3S. The van der Waals surface area contributed by atoms with Crippen LogP contribution in [0.4, 0.5) is 5.69 Å². The van der Waals surface area contributed by atoms with E-state index in [0.717, 1.165) is 28.1 Å². The molecule has 0 aliphatic carbocycles. The smallest absolute Gasteiger partial charge is 0.203 e. The largest absolute Gasteiger partial charge is 0.493 e. The molecule has 0 amide bonds. The third kappa shape index (κ3) is 3.20. The van der Waals surface area contributed by atoms with E-state index >= 15 is 0 Å². The van der Waals surface area contributed by atoms with E-state index in [1.807, 2.05) is 43.7 Å². The van der Waals surface area contributed by atoms with Gasteiger partial charge < -0.3 is 19.1 Å². The lowest BCUT2D eigenvalue weighted by atomic mass is 9.99. The molecule has 3 aromatic rings. The van der Waals surface area contributed by atoms with Crippen molar-refractivity contribution in [2.24, 2.45) is 0 Å². The molecule has 5 nitrogen and oxygen atoms in total. The van der Waals surface area contributed by atoms with Gasteiger partial charge in [-0.1, -0.05) is 18.2 Å². The fourth-order valence-electron chi connectivity index (χ4n) is 2.94. The summed E-state index contributed by atoms with van der Waals surface area (Å²) in [5.74, 6) is 1.83. The molecule has 2 aromatic carbocycles. The fourth-order valence-corrected chi connectivity index (χ4v) is 3.64. The molecule has 0 N–H and O–H groups in total. The molecule has 0 aliphatic heterocycles. The van der Waals surface area contributed by atoms with E-state index in [1.54, 1.807) is 21.3 Å². The molecule has 0 aliphatic rings. The van der Waals surface area contributed by atoms with Gasteiger partial charge in [-0.2, -0.15) is 4.37 Å². The zero-order valence-electron chi connectivity index (χ0n) is 15.6. The molecule has 0 bridgehead atoms. The molecule has 1 aromatic heterocycles. The summed E-state index contributed by atoms with van der Waals surface area (Å²) in [6.07, 6.45) is 0. The third-order valence-corrected chi connectivity index (χ3v) is 4.82. The second kappa shape index (κ2) is 7.66. The zero-order chi connectivity index (χ0) is 18.7. The van der Waals surface area contributed by atoms with Crippen LogP contribution in [0.25, 0.3) is 22.4 Å². The van der Waals surface area contributed by atoms with E-state index in [4.69, 9.17) is 14.2 Å². The van der Waals surface area contributed by atoms with E-state index < -0.39 is 0 Å². The van der Waals surface area contributed by atoms with Gasteiger partial charge in [-0.25, -0.2) is 0 Å². The first-order chi connectivity index (χ1) is 12.6. The molecular weight excluding hydrogens is 348 g/mol. The molecule has 0 atom stereocenters. The highest BCUT2D eigenvalue weighted by molar-refractivity contribution is 7.04. The lowest BCUT2D eigenvalue weighted by Gasteiger charge is -2.18. The van der Waals surface area contributed by atoms with Crippen molar-refractivity contribution in [1.82, 2.24) is 4.37 Å². The Labute approximate surface area is 157 Å². The van der Waals surface area contributed by atoms with Gasteiger partial charge in [0.2, 0.25) is 5.75 Å². The van der Waals surface area contributed by atoms with Gasteiger partial charge in [0.15, 0.2) is 11.5 Å². The van der Waals surface area contributed by atoms with Crippen LogP contribution in [-0.4, -0.2) is 39.8 Å². The van der Waals surface area contributed by atoms with Crippen LogP contribution in [0, 0.1) is 0 Å². The normalized spacial score (nSPS) is 10.5. The van der Waals surface area contributed by atoms with Crippen molar-refractivity contribution in [3.8, 4) is 39.6 Å². The Morgan fingerprint density at radius 3 is 2.12 bits per heavy atom. The number of hydrogen-bond donors (Lipinski definition) is 0. The van der Waals surface area contributed by atoms with Crippen LogP contribution in [0.3, 0.4) is 0 Å². The van der Waals surface area contributed by atoms with E-state index in [2.05, 4.69) is 21.4 Å². The number of ether oxygens (including phenoxy) is 3. The number of methoxy groups -OCH3 is 3. The first kappa shape index (κ1) is 18.1. The van der Waals surface area contributed by atoms with Crippen molar-refractivity contribution in [3.63, 3.8) is 0 Å². The SMILES string of the molecule is COc1cc(-c2csnc2-c2ccccc2N(C)C)cc(OC)c1OC. The van der Waals surface area contributed by atoms with Crippen molar-refractivity contribution in [2.45, 2.75) is 0 Å². The molecule has 0 saturated carbocycles. The van der Waals surface area contributed by atoms with Gasteiger partial charge in [-0.15, -0.1) is 0 Å². The zero-order valence-corrected chi connectivity index (χ0v) is 16.4. The monoisotopic (exact) mass is 370 g/mol. The fraction of sp³-hybridized carbons (Fsp3) is 0.250. The molecule has 1 heterocycles. The minimum atomic E-state index is 0.581. The Morgan fingerprint density at radius 1 is 0.885 bits per heavy atom. The molecule has 26 heavy (non-hydrogen) atoms. The Morgan fingerprint density at radius 2 is 1.54 bits per heavy atom. The summed E-state index contributed by atoms with van der Waals surface area (Å²) in [6.45, 7) is 0. The molecule has 0 radical (unpaired) electrons. The average molecular weight is 370 g/mol. The van der Waals surface area contributed by atoms with Gasteiger partial charge in [0.1, 0.15) is 0 Å². The van der Waals surface area contributed by atoms with E-state index in [1.165, 1.54) is 11.5 Å². The number of aromatic nitrogens is 1. The van der Waals surface area contributed by atoms with Crippen molar-refractivity contribution >= 4 is 17.2 Å². The second-order valence-electron chi connectivity index (χ2n) is 5.90. The van der Waals surface area contributed by atoms with Crippen LogP contribution >= 0.6 is 11.5 Å². The first-order valence-corrected chi connectivity index (χ1v) is 8.95. The summed E-state index contributed by atoms with van der Waals surface area (Å²) in [4.78, 5) is 2.09. The standard InChI is InChI=1S/C20H22N2O3S/c1-22(2)16-9-7-6-8-14(16)19-15(12-26-21-19)13-10-17(23-3)20(25-5)18(11-13)24-4/h6-12H,1-5H3. The Hall–Kier alpha value is -2.73. The third-order valence-electron chi connectivity index (χ3n) is 4.19. The lowest BCUT2D eigenvalue weighted by Crippen LogP contribution is -2.09. The molecule has 0 saturated heterocycles. The van der Waals surface area contributed by atoms with Gasteiger partial charge in [-0.05, 0) is 35.3 Å². The Balaban J connectivity index is 2.19. The number of benzene rings is 2. The van der Waals surface area contributed by atoms with Gasteiger partial charge >= 0.3 is 0 Å². The van der Waals surface area contributed by atoms with Crippen molar-refractivity contribution in [3.05, 3.63) is 41.8 Å². The molecule has 0 unspecified atom stereocenters. The van der Waals surface area contributed by atoms with E-state index in [9.17, 15) is 0 Å².